The van der Waals surface area contributed by atoms with E-state index in [0.29, 0.717) is 10.0 Å². The zero-order valence-electron chi connectivity index (χ0n) is 9.28. The topological polar surface area (TPSA) is 24.9 Å². The van der Waals surface area contributed by atoms with Crippen molar-refractivity contribution >= 4 is 34.5 Å². The first kappa shape index (κ1) is 12.8. The fourth-order valence-corrected chi connectivity index (χ4v) is 2.80. The van der Waals surface area contributed by atoms with Gasteiger partial charge < -0.3 is 5.32 Å². The van der Waals surface area contributed by atoms with Crippen LogP contribution in [0.4, 0.5) is 0 Å². The van der Waals surface area contributed by atoms with Gasteiger partial charge in [-0.2, -0.15) is 0 Å². The van der Waals surface area contributed by atoms with Crippen molar-refractivity contribution in [1.29, 1.82) is 0 Å². The number of nitrogens with zero attached hydrogens (tertiary/aromatic N) is 1. The fourth-order valence-electron chi connectivity index (χ4n) is 1.65. The highest BCUT2D eigenvalue weighted by atomic mass is 35.5. The molecule has 1 unspecified atom stereocenters. The van der Waals surface area contributed by atoms with E-state index < -0.39 is 0 Å². The molecule has 0 spiro atoms. The van der Waals surface area contributed by atoms with Crippen LogP contribution >= 0.6 is 34.5 Å². The molecular formula is C12H12Cl2N2S. The lowest BCUT2D eigenvalue weighted by molar-refractivity contribution is 0.627. The molecule has 0 radical (unpaired) electrons. The first-order valence-corrected chi connectivity index (χ1v) is 6.94. The van der Waals surface area contributed by atoms with Crippen LogP contribution in [0.25, 0.3) is 0 Å². The first-order chi connectivity index (χ1) is 8.24. The SMILES string of the molecule is CCNC(c1nccs1)c1cccc(Cl)c1Cl. The van der Waals surface area contributed by atoms with Gasteiger partial charge >= 0.3 is 0 Å². The smallest absolute Gasteiger partial charge is 0.114 e. The van der Waals surface area contributed by atoms with Gasteiger partial charge in [0.05, 0.1) is 16.1 Å². The van der Waals surface area contributed by atoms with Gasteiger partial charge in [-0.25, -0.2) is 4.98 Å². The summed E-state index contributed by atoms with van der Waals surface area (Å²) in [5, 5.41) is 7.49. The van der Waals surface area contributed by atoms with Crippen LogP contribution in [0.1, 0.15) is 23.5 Å². The van der Waals surface area contributed by atoms with Crippen LogP contribution < -0.4 is 5.32 Å². The van der Waals surface area contributed by atoms with Crippen molar-refractivity contribution in [2.75, 3.05) is 6.54 Å². The number of hydrogen-bond donors (Lipinski definition) is 1. The standard InChI is InChI=1S/C12H12Cl2N2S/c1-2-15-11(12-16-6-7-17-12)8-4-3-5-9(13)10(8)14/h3-7,11,15H,2H2,1H3. The van der Waals surface area contributed by atoms with Crippen molar-refractivity contribution in [3.63, 3.8) is 0 Å². The van der Waals surface area contributed by atoms with Gasteiger partial charge in [-0.3, -0.25) is 0 Å². The van der Waals surface area contributed by atoms with Gasteiger partial charge in [0.2, 0.25) is 0 Å². The Morgan fingerprint density at radius 2 is 2.24 bits per heavy atom. The largest absolute Gasteiger partial charge is 0.304 e. The normalized spacial score (nSPS) is 12.6. The molecule has 2 rings (SSSR count). The van der Waals surface area contributed by atoms with E-state index in [0.717, 1.165) is 17.1 Å². The summed E-state index contributed by atoms with van der Waals surface area (Å²) in [6.07, 6.45) is 1.79. The van der Waals surface area contributed by atoms with Gasteiger partial charge in [0.15, 0.2) is 0 Å². The van der Waals surface area contributed by atoms with Crippen LogP contribution in [0.15, 0.2) is 29.8 Å². The van der Waals surface area contributed by atoms with Gasteiger partial charge in [-0.15, -0.1) is 11.3 Å². The average Bonchev–Trinajstić information content (AvgIpc) is 2.84. The van der Waals surface area contributed by atoms with Gasteiger partial charge in [0.1, 0.15) is 5.01 Å². The van der Waals surface area contributed by atoms with Gasteiger partial charge in [-0.1, -0.05) is 42.3 Å². The van der Waals surface area contributed by atoms with Crippen LogP contribution in [-0.4, -0.2) is 11.5 Å². The third-order valence-electron chi connectivity index (χ3n) is 2.40. The summed E-state index contributed by atoms with van der Waals surface area (Å²) < 4.78 is 0. The van der Waals surface area contributed by atoms with E-state index in [1.807, 2.05) is 17.5 Å². The molecule has 90 valence electrons. The molecule has 0 fully saturated rings. The number of thiazole rings is 1. The second kappa shape index (κ2) is 5.83. The second-order valence-corrected chi connectivity index (χ2v) is 5.22. The quantitative estimate of drug-likeness (QED) is 0.913. The van der Waals surface area contributed by atoms with E-state index in [2.05, 4.69) is 17.2 Å². The summed E-state index contributed by atoms with van der Waals surface area (Å²) >= 11 is 13.9. The lowest BCUT2D eigenvalue weighted by atomic mass is 10.1. The summed E-state index contributed by atoms with van der Waals surface area (Å²) in [7, 11) is 0. The maximum Gasteiger partial charge on any atom is 0.114 e. The molecule has 0 bridgehead atoms. The molecule has 1 heterocycles. The first-order valence-electron chi connectivity index (χ1n) is 5.30. The van der Waals surface area contributed by atoms with Crippen LogP contribution in [0.3, 0.4) is 0 Å². The predicted octanol–water partition coefficient (Wildman–Crippen LogP) is 4.15. The van der Waals surface area contributed by atoms with Gasteiger partial charge in [0, 0.05) is 11.6 Å². The van der Waals surface area contributed by atoms with Crippen molar-refractivity contribution in [2.45, 2.75) is 13.0 Å². The Kier molecular flexibility index (Phi) is 4.40. The Balaban J connectivity index is 2.43. The van der Waals surface area contributed by atoms with Crippen molar-refractivity contribution < 1.29 is 0 Å². The molecule has 17 heavy (non-hydrogen) atoms. The van der Waals surface area contributed by atoms with Gasteiger partial charge in [0.25, 0.3) is 0 Å². The number of hydrogen-bond acceptors (Lipinski definition) is 3. The van der Waals surface area contributed by atoms with Crippen LogP contribution in [-0.2, 0) is 0 Å². The predicted molar refractivity (Wildman–Crippen MR) is 74.1 cm³/mol. The molecule has 5 heteroatoms. The van der Waals surface area contributed by atoms with E-state index in [-0.39, 0.29) is 6.04 Å². The third-order valence-corrected chi connectivity index (χ3v) is 4.07. The number of rotatable bonds is 4. The van der Waals surface area contributed by atoms with E-state index in [9.17, 15) is 0 Å². The zero-order valence-corrected chi connectivity index (χ0v) is 11.6. The maximum absolute atomic E-state index is 6.25. The van der Waals surface area contributed by atoms with E-state index in [1.54, 1.807) is 23.6 Å². The Hall–Kier alpha value is -0.610. The molecule has 1 atom stereocenters. The molecule has 2 aromatic rings. The minimum Gasteiger partial charge on any atom is -0.304 e. The highest BCUT2D eigenvalue weighted by Gasteiger charge is 2.19. The summed E-state index contributed by atoms with van der Waals surface area (Å²) in [6, 6.07) is 5.68. The highest BCUT2D eigenvalue weighted by molar-refractivity contribution is 7.09. The van der Waals surface area contributed by atoms with E-state index in [4.69, 9.17) is 23.2 Å². The van der Waals surface area contributed by atoms with E-state index in [1.165, 1.54) is 0 Å². The number of aromatic nitrogens is 1. The van der Waals surface area contributed by atoms with Crippen LogP contribution in [0.2, 0.25) is 10.0 Å². The van der Waals surface area contributed by atoms with Crippen molar-refractivity contribution in [2.24, 2.45) is 0 Å². The van der Waals surface area contributed by atoms with Gasteiger partial charge in [-0.05, 0) is 18.2 Å². The van der Waals surface area contributed by atoms with Crippen molar-refractivity contribution in [3.8, 4) is 0 Å². The Labute approximate surface area is 115 Å². The summed E-state index contributed by atoms with van der Waals surface area (Å²) in [4.78, 5) is 4.34. The molecule has 0 saturated carbocycles. The molecule has 0 aliphatic rings. The van der Waals surface area contributed by atoms with Crippen LogP contribution in [0.5, 0.6) is 0 Å². The lowest BCUT2D eigenvalue weighted by Crippen LogP contribution is -2.22. The average molecular weight is 287 g/mol. The molecule has 1 aromatic carbocycles. The number of halogens is 2. The Morgan fingerprint density at radius 1 is 1.41 bits per heavy atom. The monoisotopic (exact) mass is 286 g/mol. The number of benzene rings is 1. The highest BCUT2D eigenvalue weighted by Crippen LogP contribution is 2.33. The molecule has 1 N–H and O–H groups in total. The molecular weight excluding hydrogens is 275 g/mol. The summed E-state index contributed by atoms with van der Waals surface area (Å²) in [6.45, 7) is 2.89. The maximum atomic E-state index is 6.25. The molecule has 2 nitrogen and oxygen atoms in total. The minimum absolute atomic E-state index is 0.00574. The molecule has 0 amide bonds. The molecule has 1 aromatic heterocycles. The molecule has 0 saturated heterocycles. The van der Waals surface area contributed by atoms with Crippen LogP contribution in [0, 0.1) is 0 Å². The lowest BCUT2D eigenvalue weighted by Gasteiger charge is -2.17. The zero-order chi connectivity index (χ0) is 12.3. The summed E-state index contributed by atoms with van der Waals surface area (Å²) in [5.41, 5.74) is 0.968. The van der Waals surface area contributed by atoms with Crippen molar-refractivity contribution in [1.82, 2.24) is 10.3 Å². The van der Waals surface area contributed by atoms with Crippen molar-refractivity contribution in [3.05, 3.63) is 50.4 Å². The third kappa shape index (κ3) is 2.80. The Morgan fingerprint density at radius 3 is 2.88 bits per heavy atom. The Bertz CT molecular complexity index is 485. The minimum atomic E-state index is 0.00574. The number of nitrogens with one attached hydrogen (secondary N) is 1. The molecule has 0 aliphatic heterocycles. The van der Waals surface area contributed by atoms with E-state index >= 15 is 0 Å². The molecule has 0 aliphatic carbocycles. The fraction of sp³-hybridized carbons (Fsp3) is 0.250. The second-order valence-electron chi connectivity index (χ2n) is 3.50. The summed E-state index contributed by atoms with van der Waals surface area (Å²) in [5.74, 6) is 0.